The number of hydrogen-bond acceptors (Lipinski definition) is 1. The minimum absolute atomic E-state index is 0.211. The van der Waals surface area contributed by atoms with Crippen molar-refractivity contribution in [2.75, 3.05) is 0 Å². The summed E-state index contributed by atoms with van der Waals surface area (Å²) >= 11 is 0. The van der Waals surface area contributed by atoms with E-state index in [0.717, 1.165) is 22.8 Å². The van der Waals surface area contributed by atoms with Crippen LogP contribution in [0, 0.1) is 11.7 Å². The number of nitrogens with zero attached hydrogens (tertiary/aromatic N) is 1. The summed E-state index contributed by atoms with van der Waals surface area (Å²) in [6, 6.07) is 4.69. The van der Waals surface area contributed by atoms with Crippen LogP contribution in [0.4, 0.5) is 4.39 Å². The van der Waals surface area contributed by atoms with Crippen molar-refractivity contribution in [1.29, 1.82) is 0 Å². The first-order valence-corrected chi connectivity index (χ1v) is 5.39. The maximum atomic E-state index is 13.0. The number of nitrogens with one attached hydrogen (secondary N) is 1. The number of halogens is 1. The summed E-state index contributed by atoms with van der Waals surface area (Å²) in [5, 5.41) is 0. The van der Waals surface area contributed by atoms with Gasteiger partial charge in [-0.3, -0.25) is 0 Å². The Morgan fingerprint density at radius 3 is 3.00 bits per heavy atom. The first-order chi connectivity index (χ1) is 7.24. The summed E-state index contributed by atoms with van der Waals surface area (Å²) in [4.78, 5) is 7.70. The Hall–Kier alpha value is -1.38. The van der Waals surface area contributed by atoms with Crippen molar-refractivity contribution in [2.24, 2.45) is 5.92 Å². The first kappa shape index (κ1) is 8.89. The van der Waals surface area contributed by atoms with Gasteiger partial charge in [-0.25, -0.2) is 9.37 Å². The van der Waals surface area contributed by atoms with Gasteiger partial charge in [0.2, 0.25) is 0 Å². The number of fused-ring (bicyclic) bond motifs is 1. The van der Waals surface area contributed by atoms with E-state index in [1.807, 2.05) is 0 Å². The van der Waals surface area contributed by atoms with Gasteiger partial charge in [-0.15, -0.1) is 0 Å². The van der Waals surface area contributed by atoms with Crippen molar-refractivity contribution < 1.29 is 4.39 Å². The Kier molecular flexibility index (Phi) is 1.81. The van der Waals surface area contributed by atoms with Crippen LogP contribution in [0.5, 0.6) is 0 Å². The highest BCUT2D eigenvalue weighted by atomic mass is 19.1. The molecule has 1 N–H and O–H groups in total. The second kappa shape index (κ2) is 3.05. The summed E-state index contributed by atoms with van der Waals surface area (Å²) in [5.41, 5.74) is 1.66. The molecule has 0 radical (unpaired) electrons. The van der Waals surface area contributed by atoms with E-state index in [0.29, 0.717) is 5.92 Å². The third-order valence-corrected chi connectivity index (χ3v) is 3.22. The molecule has 0 amide bonds. The van der Waals surface area contributed by atoms with Crippen molar-refractivity contribution in [3.05, 3.63) is 29.8 Å². The number of aromatic nitrogens is 2. The van der Waals surface area contributed by atoms with Crippen molar-refractivity contribution >= 4 is 11.0 Å². The topological polar surface area (TPSA) is 28.7 Å². The number of H-pyrrole nitrogens is 1. The Morgan fingerprint density at radius 2 is 2.27 bits per heavy atom. The zero-order valence-electron chi connectivity index (χ0n) is 8.63. The lowest BCUT2D eigenvalue weighted by molar-refractivity contribution is 0.628. The molecule has 0 bridgehead atoms. The highest BCUT2D eigenvalue weighted by Gasteiger charge is 2.30. The molecule has 1 heterocycles. The second-order valence-corrected chi connectivity index (χ2v) is 4.41. The minimum atomic E-state index is -0.211. The van der Waals surface area contributed by atoms with E-state index < -0.39 is 0 Å². The molecule has 2 nitrogen and oxygen atoms in total. The molecule has 0 aliphatic heterocycles. The molecule has 3 heteroatoms. The fourth-order valence-corrected chi connectivity index (χ4v) is 2.04. The summed E-state index contributed by atoms with van der Waals surface area (Å²) < 4.78 is 13.0. The zero-order chi connectivity index (χ0) is 10.4. The molecule has 0 saturated heterocycles. The van der Waals surface area contributed by atoms with Gasteiger partial charge in [-0.1, -0.05) is 6.92 Å². The Balaban J connectivity index is 2.05. The average molecular weight is 204 g/mol. The zero-order valence-corrected chi connectivity index (χ0v) is 8.63. The van der Waals surface area contributed by atoms with E-state index in [1.54, 1.807) is 6.07 Å². The second-order valence-electron chi connectivity index (χ2n) is 4.41. The molecular weight excluding hydrogens is 191 g/mol. The van der Waals surface area contributed by atoms with Gasteiger partial charge in [0, 0.05) is 5.92 Å². The Labute approximate surface area is 87.5 Å². The van der Waals surface area contributed by atoms with Gasteiger partial charge in [0.15, 0.2) is 0 Å². The largest absolute Gasteiger partial charge is 0.342 e. The van der Waals surface area contributed by atoms with Gasteiger partial charge in [0.25, 0.3) is 0 Å². The average Bonchev–Trinajstić information content (AvgIpc) is 2.97. The molecule has 1 aliphatic carbocycles. The lowest BCUT2D eigenvalue weighted by Gasteiger charge is -2.04. The van der Waals surface area contributed by atoms with Crippen molar-refractivity contribution in [2.45, 2.75) is 25.7 Å². The number of hydrogen-bond donors (Lipinski definition) is 1. The highest BCUT2D eigenvalue weighted by molar-refractivity contribution is 5.75. The van der Waals surface area contributed by atoms with Crippen LogP contribution in [0.3, 0.4) is 0 Å². The quantitative estimate of drug-likeness (QED) is 0.799. The standard InChI is InChI=1S/C12H13FN2/c1-7(8-2-3-8)12-14-10-5-4-9(13)6-11(10)15-12/h4-8H,2-3H2,1H3,(H,14,15). The van der Waals surface area contributed by atoms with Crippen molar-refractivity contribution in [3.8, 4) is 0 Å². The lowest BCUT2D eigenvalue weighted by atomic mass is 10.1. The van der Waals surface area contributed by atoms with Gasteiger partial charge in [0.05, 0.1) is 11.0 Å². The molecule has 15 heavy (non-hydrogen) atoms. The molecule has 1 fully saturated rings. The number of benzene rings is 1. The van der Waals surface area contributed by atoms with Gasteiger partial charge in [0.1, 0.15) is 11.6 Å². The maximum absolute atomic E-state index is 13.0. The minimum Gasteiger partial charge on any atom is -0.342 e. The van der Waals surface area contributed by atoms with Crippen LogP contribution in [0.2, 0.25) is 0 Å². The number of rotatable bonds is 2. The van der Waals surface area contributed by atoms with Gasteiger partial charge >= 0.3 is 0 Å². The maximum Gasteiger partial charge on any atom is 0.125 e. The fourth-order valence-electron chi connectivity index (χ4n) is 2.04. The predicted octanol–water partition coefficient (Wildman–Crippen LogP) is 3.22. The molecule has 1 unspecified atom stereocenters. The summed E-state index contributed by atoms with van der Waals surface area (Å²) in [6.45, 7) is 2.19. The molecule has 1 saturated carbocycles. The normalized spacial score (nSPS) is 18.3. The molecule has 0 spiro atoms. The van der Waals surface area contributed by atoms with Crippen LogP contribution >= 0.6 is 0 Å². The van der Waals surface area contributed by atoms with E-state index in [4.69, 9.17) is 0 Å². The highest BCUT2D eigenvalue weighted by Crippen LogP contribution is 2.41. The van der Waals surface area contributed by atoms with Crippen molar-refractivity contribution in [3.63, 3.8) is 0 Å². The van der Waals surface area contributed by atoms with Crippen LogP contribution in [0.1, 0.15) is 31.5 Å². The summed E-state index contributed by atoms with van der Waals surface area (Å²) in [7, 11) is 0. The first-order valence-electron chi connectivity index (χ1n) is 5.39. The van der Waals surface area contributed by atoms with E-state index in [1.165, 1.54) is 25.0 Å². The Bertz CT molecular complexity index is 499. The van der Waals surface area contributed by atoms with Crippen LogP contribution in [0.15, 0.2) is 18.2 Å². The van der Waals surface area contributed by atoms with Crippen LogP contribution in [-0.2, 0) is 0 Å². The lowest BCUT2D eigenvalue weighted by Crippen LogP contribution is -1.97. The SMILES string of the molecule is CC(c1nc2ccc(F)cc2[nH]1)C1CC1. The predicted molar refractivity (Wildman–Crippen MR) is 57.2 cm³/mol. The van der Waals surface area contributed by atoms with E-state index in [2.05, 4.69) is 16.9 Å². The van der Waals surface area contributed by atoms with E-state index in [-0.39, 0.29) is 5.82 Å². The fraction of sp³-hybridized carbons (Fsp3) is 0.417. The molecule has 1 aromatic heterocycles. The molecule has 1 atom stereocenters. The summed E-state index contributed by atoms with van der Waals surface area (Å²) in [5.74, 6) is 2.03. The van der Waals surface area contributed by atoms with Gasteiger partial charge in [-0.05, 0) is 37.0 Å². The summed E-state index contributed by atoms with van der Waals surface area (Å²) in [6.07, 6.45) is 2.60. The molecule has 1 aliphatic rings. The number of imidazole rings is 1. The van der Waals surface area contributed by atoms with Crippen LogP contribution in [0.25, 0.3) is 11.0 Å². The molecule has 3 rings (SSSR count). The Morgan fingerprint density at radius 1 is 1.47 bits per heavy atom. The molecule has 2 aromatic rings. The monoisotopic (exact) mass is 204 g/mol. The van der Waals surface area contributed by atoms with Crippen LogP contribution in [-0.4, -0.2) is 9.97 Å². The van der Waals surface area contributed by atoms with Gasteiger partial charge in [-0.2, -0.15) is 0 Å². The van der Waals surface area contributed by atoms with Crippen LogP contribution < -0.4 is 0 Å². The van der Waals surface area contributed by atoms with Gasteiger partial charge < -0.3 is 4.98 Å². The smallest absolute Gasteiger partial charge is 0.125 e. The third kappa shape index (κ3) is 1.52. The van der Waals surface area contributed by atoms with E-state index >= 15 is 0 Å². The molecule has 1 aromatic carbocycles. The van der Waals surface area contributed by atoms with E-state index in [9.17, 15) is 4.39 Å². The molecular formula is C12H13FN2. The number of aromatic amines is 1. The third-order valence-electron chi connectivity index (χ3n) is 3.22. The van der Waals surface area contributed by atoms with Crippen molar-refractivity contribution in [1.82, 2.24) is 9.97 Å². The molecule has 78 valence electrons.